The van der Waals surface area contributed by atoms with Gasteiger partial charge in [-0.05, 0) is 93.7 Å². The van der Waals surface area contributed by atoms with E-state index in [9.17, 15) is 0 Å². The maximum absolute atomic E-state index is 7.35. The summed E-state index contributed by atoms with van der Waals surface area (Å²) in [6.07, 6.45) is 14.7. The van der Waals surface area contributed by atoms with Gasteiger partial charge in [-0.15, -0.1) is 23.3 Å². The molecular weight excluding hydrogens is 1070 g/mol. The number of benzene rings is 11. The third kappa shape index (κ3) is 12.0. The van der Waals surface area contributed by atoms with E-state index in [4.69, 9.17) is 12.8 Å². The molecule has 0 aliphatic carbocycles. The molecule has 0 heterocycles. The van der Waals surface area contributed by atoms with E-state index in [0.29, 0.717) is 0 Å². The second-order valence-electron chi connectivity index (χ2n) is 16.2. The van der Waals surface area contributed by atoms with Gasteiger partial charge in [0.2, 0.25) is 0 Å². The maximum atomic E-state index is 7.35. The molecule has 0 radical (unpaired) electrons. The minimum absolute atomic E-state index is 0. The number of fused-ring (bicyclic) bond motifs is 2. The van der Waals surface area contributed by atoms with Crippen LogP contribution in [-0.4, -0.2) is 0 Å². The molecule has 0 aromatic heterocycles. The molecule has 0 aliphatic heterocycles. The van der Waals surface area contributed by atoms with Crippen molar-refractivity contribution in [1.82, 2.24) is 0 Å². The molecule has 0 spiro atoms. The van der Waals surface area contributed by atoms with Crippen molar-refractivity contribution in [1.29, 1.82) is 0 Å². The molecular formula is C66H48Ag2P2+2. The van der Waals surface area contributed by atoms with Crippen LogP contribution in [0.2, 0.25) is 0 Å². The molecule has 0 bridgehead atoms. The quantitative estimate of drug-likeness (QED) is 0.0616. The van der Waals surface area contributed by atoms with Gasteiger partial charge < -0.3 is 12.8 Å². The Labute approximate surface area is 447 Å². The van der Waals surface area contributed by atoms with E-state index in [1.165, 1.54) is 64.9 Å². The summed E-state index contributed by atoms with van der Waals surface area (Å²) in [5, 5.41) is 13.2. The second-order valence-corrected chi connectivity index (χ2v) is 21.0. The summed E-state index contributed by atoms with van der Waals surface area (Å²) < 4.78 is 0. The van der Waals surface area contributed by atoms with Crippen LogP contribution in [0.5, 0.6) is 0 Å². The minimum atomic E-state index is -1.14. The van der Waals surface area contributed by atoms with Crippen molar-refractivity contribution in [2.45, 2.75) is 0 Å². The van der Waals surface area contributed by atoms with Gasteiger partial charge in [0.15, 0.2) is 0 Å². The van der Waals surface area contributed by atoms with Crippen LogP contribution < -0.4 is 31.8 Å². The van der Waals surface area contributed by atoms with Gasteiger partial charge in [-0.1, -0.05) is 217 Å². The van der Waals surface area contributed by atoms with Crippen molar-refractivity contribution >= 4 is 69.2 Å². The summed E-state index contributed by atoms with van der Waals surface area (Å²) in [6, 6.07) is 98.4. The molecule has 0 atom stereocenters. The van der Waals surface area contributed by atoms with Crippen LogP contribution in [0.4, 0.5) is 0 Å². The second kappa shape index (κ2) is 25.8. The number of rotatable bonds is 8. The van der Waals surface area contributed by atoms with Gasteiger partial charge in [0, 0.05) is 0 Å². The first-order valence-corrected chi connectivity index (χ1v) is 25.8. The van der Waals surface area contributed by atoms with E-state index in [2.05, 4.69) is 206 Å². The molecule has 0 aliphatic rings. The average Bonchev–Trinajstić information content (AvgIpc) is 3.43. The average molecular weight is 1120 g/mol. The molecule has 11 aromatic carbocycles. The topological polar surface area (TPSA) is 0 Å². The van der Waals surface area contributed by atoms with E-state index in [1.807, 2.05) is 84.9 Å². The van der Waals surface area contributed by atoms with Crippen molar-refractivity contribution in [2.24, 2.45) is 0 Å². The standard InChI is InChI=1S/C30H24P2.2C18H11.2Ag/c1-5-15-25(16-6-1)31(26-17-7-2-8-18-26)29-23-13-14-24-30(29)32(27-19-9-3-10-20-27)28-21-11-4-12-22-28;2*1-2-14-12-13-17(15-8-4-3-5-9-15)18-11-7-6-10-16(14)18;;/h1-24H;2*3-13H;;/q;2*-1;2*+1/p+2. The van der Waals surface area contributed by atoms with E-state index in [0.717, 1.165) is 21.9 Å². The molecule has 0 N–H and O–H groups in total. The van der Waals surface area contributed by atoms with Crippen LogP contribution in [0.15, 0.2) is 279 Å². The Morgan fingerprint density at radius 2 is 0.486 bits per heavy atom. The Morgan fingerprint density at radius 1 is 0.243 bits per heavy atom. The van der Waals surface area contributed by atoms with E-state index < -0.39 is 15.8 Å². The molecule has 342 valence electrons. The van der Waals surface area contributed by atoms with Crippen molar-refractivity contribution in [2.75, 3.05) is 0 Å². The van der Waals surface area contributed by atoms with Gasteiger partial charge in [0.05, 0.1) is 0 Å². The normalized spacial score (nSPS) is 10.3. The van der Waals surface area contributed by atoms with Crippen molar-refractivity contribution in [3.63, 3.8) is 0 Å². The summed E-state index contributed by atoms with van der Waals surface area (Å²) in [5.41, 5.74) is 6.47. The first-order valence-electron chi connectivity index (χ1n) is 22.8. The van der Waals surface area contributed by atoms with Crippen LogP contribution in [0.25, 0.3) is 43.8 Å². The van der Waals surface area contributed by atoms with Crippen LogP contribution in [0, 0.1) is 24.7 Å². The van der Waals surface area contributed by atoms with Gasteiger partial charge in [-0.3, -0.25) is 11.8 Å². The van der Waals surface area contributed by atoms with E-state index in [-0.39, 0.29) is 44.8 Å². The number of hydrogen-bond donors (Lipinski definition) is 0. The monoisotopic (exact) mass is 1120 g/mol. The summed E-state index contributed by atoms with van der Waals surface area (Å²) in [6.45, 7) is 0. The Balaban J connectivity index is 0.000000163. The summed E-state index contributed by atoms with van der Waals surface area (Å²) in [5.74, 6) is 5.00. The van der Waals surface area contributed by atoms with Gasteiger partial charge >= 0.3 is 44.8 Å². The Kier molecular flexibility index (Phi) is 18.9. The zero-order valence-electron chi connectivity index (χ0n) is 38.2. The molecule has 0 amide bonds. The molecule has 11 aromatic rings. The van der Waals surface area contributed by atoms with E-state index >= 15 is 0 Å². The molecule has 0 fully saturated rings. The van der Waals surface area contributed by atoms with Crippen molar-refractivity contribution in [3.05, 3.63) is 303 Å². The van der Waals surface area contributed by atoms with E-state index in [1.54, 1.807) is 0 Å². The Hall–Kier alpha value is -6.60. The third-order valence-corrected chi connectivity index (χ3v) is 17.8. The molecule has 0 nitrogen and oxygen atoms in total. The van der Waals surface area contributed by atoms with Crippen molar-refractivity contribution in [3.8, 4) is 34.1 Å². The largest absolute Gasteiger partial charge is 1.00 e. The summed E-state index contributed by atoms with van der Waals surface area (Å²) in [7, 11) is -2.28. The van der Waals surface area contributed by atoms with Gasteiger partial charge in [0.1, 0.15) is 47.7 Å². The minimum Gasteiger partial charge on any atom is -0.366 e. The van der Waals surface area contributed by atoms with Gasteiger partial charge in [0.25, 0.3) is 0 Å². The molecule has 0 saturated carbocycles. The number of hydrogen-bond acceptors (Lipinski definition) is 0. The van der Waals surface area contributed by atoms with Gasteiger partial charge in [-0.25, -0.2) is 0 Å². The van der Waals surface area contributed by atoms with Crippen LogP contribution in [-0.2, 0) is 44.8 Å². The third-order valence-electron chi connectivity index (χ3n) is 12.0. The molecule has 11 rings (SSSR count). The Morgan fingerprint density at radius 3 is 0.771 bits per heavy atom. The smallest absolute Gasteiger partial charge is 0.366 e. The molecule has 70 heavy (non-hydrogen) atoms. The maximum Gasteiger partial charge on any atom is 1.00 e. The van der Waals surface area contributed by atoms with Crippen LogP contribution >= 0.6 is 15.8 Å². The van der Waals surface area contributed by atoms with Crippen LogP contribution in [0.3, 0.4) is 0 Å². The fraction of sp³-hybridized carbons (Fsp3) is 0. The fourth-order valence-electron chi connectivity index (χ4n) is 8.85. The SMILES string of the molecule is [Ag+].[Ag+].[C-]#Cc1ccc(-c2ccccc2)c2ccccc12.[C-]#Cc1ccc(-c2ccccc2)c2ccccc12.c1ccc([PH+](c2ccccc2)c2ccccc2[PH+](c2ccccc2)c2ccccc2)cc1. The van der Waals surface area contributed by atoms with Gasteiger partial charge in [-0.2, -0.15) is 0 Å². The molecule has 0 saturated heterocycles. The molecule has 4 heteroatoms. The fourth-order valence-corrected chi connectivity index (χ4v) is 14.8. The first kappa shape index (κ1) is 51.3. The first-order chi connectivity index (χ1) is 33.7. The predicted octanol–water partition coefficient (Wildman–Crippen LogP) is 13.6. The van der Waals surface area contributed by atoms with Crippen LogP contribution in [0.1, 0.15) is 11.1 Å². The predicted molar refractivity (Wildman–Crippen MR) is 298 cm³/mol. The summed E-state index contributed by atoms with van der Waals surface area (Å²) in [4.78, 5) is 0. The molecule has 0 unspecified atom stereocenters. The van der Waals surface area contributed by atoms with Crippen molar-refractivity contribution < 1.29 is 44.8 Å². The zero-order valence-corrected chi connectivity index (χ0v) is 43.1. The Bertz CT molecular complexity index is 3150. The summed E-state index contributed by atoms with van der Waals surface area (Å²) >= 11 is 0. The zero-order chi connectivity index (χ0) is 46.3.